The van der Waals surface area contributed by atoms with Crippen molar-refractivity contribution in [2.45, 2.75) is 26.3 Å². The summed E-state index contributed by atoms with van der Waals surface area (Å²) in [4.78, 5) is 32.7. The fourth-order valence-corrected chi connectivity index (χ4v) is 2.39. The summed E-state index contributed by atoms with van der Waals surface area (Å²) >= 11 is 1.80. The van der Waals surface area contributed by atoms with Gasteiger partial charge < -0.3 is 20.8 Å². The molecule has 0 aromatic rings. The average molecular weight is 318 g/mol. The molecular weight excluding hydrogens is 296 g/mol. The van der Waals surface area contributed by atoms with Crippen LogP contribution in [0.1, 0.15) is 20.3 Å². The Bertz CT molecular complexity index is 378. The number of thioether (sulfide) groups is 1. The molecule has 1 saturated heterocycles. The average Bonchev–Trinajstić information content (AvgIpc) is 2.97. The van der Waals surface area contributed by atoms with Gasteiger partial charge in [0.15, 0.2) is 0 Å². The number of hydrogen-bond acceptors (Lipinski definition) is 5. The van der Waals surface area contributed by atoms with Gasteiger partial charge in [0.2, 0.25) is 5.91 Å². The van der Waals surface area contributed by atoms with Crippen LogP contribution in [-0.4, -0.2) is 57.2 Å². The summed E-state index contributed by atoms with van der Waals surface area (Å²) in [6.07, 6.45) is 2.08. The van der Waals surface area contributed by atoms with Crippen molar-refractivity contribution in [2.75, 3.05) is 18.2 Å². The van der Waals surface area contributed by atoms with Gasteiger partial charge in [0.25, 0.3) is 0 Å². The number of carboxylic acid groups (broad SMARTS) is 2. The molecule has 0 radical (unpaired) electrons. The van der Waals surface area contributed by atoms with Crippen LogP contribution in [-0.2, 0) is 14.4 Å². The van der Waals surface area contributed by atoms with Gasteiger partial charge in [-0.15, -0.1) is 11.8 Å². The first-order chi connectivity index (χ1) is 9.79. The molecule has 1 aliphatic heterocycles. The van der Waals surface area contributed by atoms with Crippen molar-refractivity contribution in [1.29, 1.82) is 0 Å². The lowest BCUT2D eigenvalue weighted by molar-refractivity contribution is -0.134. The summed E-state index contributed by atoms with van der Waals surface area (Å²) in [7, 11) is 0. The third-order valence-electron chi connectivity index (χ3n) is 2.97. The molecule has 0 spiro atoms. The van der Waals surface area contributed by atoms with Gasteiger partial charge in [-0.3, -0.25) is 4.79 Å². The third kappa shape index (κ3) is 8.36. The maximum absolute atomic E-state index is 11.7. The lowest BCUT2D eigenvalue weighted by atomic mass is 9.99. The lowest BCUT2D eigenvalue weighted by Crippen LogP contribution is -2.45. The molecule has 0 bridgehead atoms. The number of amides is 1. The molecule has 4 N–H and O–H groups in total. The Hall–Kier alpha value is -1.54. The molecule has 1 amide bonds. The van der Waals surface area contributed by atoms with Gasteiger partial charge in [0.1, 0.15) is 0 Å². The summed E-state index contributed by atoms with van der Waals surface area (Å²) in [5, 5.41) is 15.6. The number of carboxylic acids is 2. The van der Waals surface area contributed by atoms with E-state index < -0.39 is 11.9 Å². The Balaban J connectivity index is 0.000000433. The predicted octanol–water partition coefficient (Wildman–Crippen LogP) is 0.605. The summed E-state index contributed by atoms with van der Waals surface area (Å²) < 4.78 is 0. The molecule has 0 saturated carbocycles. The van der Waals surface area contributed by atoms with Gasteiger partial charge in [-0.05, 0) is 5.92 Å². The van der Waals surface area contributed by atoms with Crippen molar-refractivity contribution in [3.8, 4) is 0 Å². The number of nitrogens with zero attached hydrogens (tertiary/aromatic N) is 1. The second kappa shape index (κ2) is 10.2. The second-order valence-corrected chi connectivity index (χ2v) is 5.63. The maximum atomic E-state index is 11.7. The molecule has 8 heteroatoms. The highest BCUT2D eigenvalue weighted by Crippen LogP contribution is 2.16. The minimum absolute atomic E-state index is 0.124. The zero-order valence-corrected chi connectivity index (χ0v) is 13.0. The van der Waals surface area contributed by atoms with Crippen LogP contribution in [0.4, 0.5) is 0 Å². The zero-order valence-electron chi connectivity index (χ0n) is 12.2. The summed E-state index contributed by atoms with van der Waals surface area (Å²) in [5.74, 6) is -0.223. The number of hydrogen-bond donors (Lipinski definition) is 3. The van der Waals surface area contributed by atoms with E-state index >= 15 is 0 Å². The normalized spacial score (nSPS) is 17.0. The number of carbonyl (C=O) groups is 3. The molecule has 0 aromatic carbocycles. The quantitative estimate of drug-likeness (QED) is 0.635. The van der Waals surface area contributed by atoms with Crippen LogP contribution in [0.25, 0.3) is 0 Å². The molecular formula is C13H22N2O5S. The Morgan fingerprint density at radius 3 is 2.14 bits per heavy atom. The van der Waals surface area contributed by atoms with Crippen LogP contribution in [0, 0.1) is 5.92 Å². The Morgan fingerprint density at radius 2 is 1.81 bits per heavy atom. The molecule has 2 atom stereocenters. The van der Waals surface area contributed by atoms with E-state index in [4.69, 9.17) is 15.9 Å². The first-order valence-corrected chi connectivity index (χ1v) is 7.71. The van der Waals surface area contributed by atoms with Crippen molar-refractivity contribution in [1.82, 2.24) is 4.90 Å². The van der Waals surface area contributed by atoms with E-state index in [1.54, 1.807) is 11.8 Å². The van der Waals surface area contributed by atoms with Crippen molar-refractivity contribution in [3.05, 3.63) is 12.2 Å². The van der Waals surface area contributed by atoms with Crippen molar-refractivity contribution in [2.24, 2.45) is 11.7 Å². The van der Waals surface area contributed by atoms with Gasteiger partial charge in [-0.1, -0.05) is 20.3 Å². The van der Waals surface area contributed by atoms with E-state index in [-0.39, 0.29) is 17.9 Å². The molecule has 1 fully saturated rings. The van der Waals surface area contributed by atoms with Gasteiger partial charge in [-0.25, -0.2) is 9.59 Å². The fraction of sp³-hybridized carbons (Fsp3) is 0.615. The largest absolute Gasteiger partial charge is 0.478 e. The van der Waals surface area contributed by atoms with Gasteiger partial charge in [-0.2, -0.15) is 0 Å². The van der Waals surface area contributed by atoms with Crippen LogP contribution in [0.5, 0.6) is 0 Å². The Labute approximate surface area is 128 Å². The minimum Gasteiger partial charge on any atom is -0.478 e. The molecule has 7 nitrogen and oxygen atoms in total. The highest BCUT2D eigenvalue weighted by Gasteiger charge is 2.26. The van der Waals surface area contributed by atoms with Gasteiger partial charge >= 0.3 is 11.9 Å². The molecule has 120 valence electrons. The number of carbonyl (C=O) groups excluding carboxylic acids is 1. The predicted molar refractivity (Wildman–Crippen MR) is 80.9 cm³/mol. The lowest BCUT2D eigenvalue weighted by Gasteiger charge is -2.23. The smallest absolute Gasteiger partial charge is 0.328 e. The van der Waals surface area contributed by atoms with Gasteiger partial charge in [0.05, 0.1) is 11.9 Å². The molecule has 1 rings (SSSR count). The number of rotatable bonds is 5. The van der Waals surface area contributed by atoms with Crippen LogP contribution in [0.2, 0.25) is 0 Å². The zero-order chi connectivity index (χ0) is 16.4. The van der Waals surface area contributed by atoms with Gasteiger partial charge in [0, 0.05) is 24.4 Å². The Morgan fingerprint density at radius 1 is 1.29 bits per heavy atom. The summed E-state index contributed by atoms with van der Waals surface area (Å²) in [5.41, 5.74) is 5.85. The summed E-state index contributed by atoms with van der Waals surface area (Å²) in [6, 6.07) is -0.302. The number of nitrogens with two attached hydrogens (primary N) is 1. The van der Waals surface area contributed by atoms with E-state index in [0.29, 0.717) is 12.2 Å². The molecule has 0 aromatic heterocycles. The van der Waals surface area contributed by atoms with E-state index in [1.807, 2.05) is 11.8 Å². The van der Waals surface area contributed by atoms with E-state index in [1.165, 1.54) is 0 Å². The molecule has 21 heavy (non-hydrogen) atoms. The molecule has 2 unspecified atom stereocenters. The van der Waals surface area contributed by atoms with Crippen LogP contribution < -0.4 is 5.73 Å². The first kappa shape index (κ1) is 19.5. The van der Waals surface area contributed by atoms with Crippen molar-refractivity contribution >= 4 is 29.6 Å². The molecule has 1 aliphatic rings. The SMILES string of the molecule is CCC(C)C(N)C(=O)N1CCSC1.O=C(O)C=CC(=O)O. The van der Waals surface area contributed by atoms with E-state index in [0.717, 1.165) is 24.6 Å². The standard InChI is InChI=1S/C9H18N2OS.C4H4O4/c1-3-7(2)8(10)9(12)11-4-5-13-6-11;5-3(6)1-2-4(7)8/h7-8H,3-6,10H2,1-2H3;1-2H,(H,5,6)(H,7,8). The number of aliphatic carboxylic acids is 2. The monoisotopic (exact) mass is 318 g/mol. The van der Waals surface area contributed by atoms with Crippen LogP contribution in [0.15, 0.2) is 12.2 Å². The highest BCUT2D eigenvalue weighted by atomic mass is 32.2. The van der Waals surface area contributed by atoms with E-state index in [2.05, 4.69) is 6.92 Å². The first-order valence-electron chi connectivity index (χ1n) is 6.55. The summed E-state index contributed by atoms with van der Waals surface area (Å²) in [6.45, 7) is 4.97. The minimum atomic E-state index is -1.26. The topological polar surface area (TPSA) is 121 Å². The van der Waals surface area contributed by atoms with Crippen LogP contribution in [0.3, 0.4) is 0 Å². The maximum Gasteiger partial charge on any atom is 0.328 e. The van der Waals surface area contributed by atoms with E-state index in [9.17, 15) is 14.4 Å². The highest BCUT2D eigenvalue weighted by molar-refractivity contribution is 7.99. The Kier molecular flexibility index (Phi) is 9.48. The molecule has 0 aliphatic carbocycles. The van der Waals surface area contributed by atoms with Crippen molar-refractivity contribution < 1.29 is 24.6 Å². The molecule has 1 heterocycles. The van der Waals surface area contributed by atoms with Crippen molar-refractivity contribution in [3.63, 3.8) is 0 Å². The second-order valence-electron chi connectivity index (χ2n) is 4.56. The fourth-order valence-electron chi connectivity index (χ4n) is 1.44. The third-order valence-corrected chi connectivity index (χ3v) is 3.94. The van der Waals surface area contributed by atoms with Crippen LogP contribution >= 0.6 is 11.8 Å².